The first-order chi connectivity index (χ1) is 8.33. The molecule has 1 unspecified atom stereocenters. The maximum absolute atomic E-state index is 8.97. The van der Waals surface area contributed by atoms with Gasteiger partial charge in [-0.25, -0.2) is 4.98 Å². The summed E-state index contributed by atoms with van der Waals surface area (Å²) in [6.45, 7) is 2.07. The van der Waals surface area contributed by atoms with Crippen LogP contribution in [0.3, 0.4) is 0 Å². The van der Waals surface area contributed by atoms with Crippen LogP contribution in [-0.2, 0) is 6.42 Å². The molecule has 1 saturated carbocycles. The van der Waals surface area contributed by atoms with Gasteiger partial charge in [0.2, 0.25) is 0 Å². The minimum Gasteiger partial charge on any atom is -0.246 e. The van der Waals surface area contributed by atoms with Gasteiger partial charge in [-0.1, -0.05) is 26.2 Å². The van der Waals surface area contributed by atoms with Crippen molar-refractivity contribution in [2.45, 2.75) is 57.8 Å². The number of rotatable bonds is 4. The van der Waals surface area contributed by atoms with E-state index in [1.807, 2.05) is 0 Å². The fourth-order valence-electron chi connectivity index (χ4n) is 2.50. The van der Waals surface area contributed by atoms with Gasteiger partial charge in [-0.15, -0.1) is 11.3 Å². The highest BCUT2D eigenvalue weighted by Gasteiger charge is 2.18. The monoisotopic (exact) mass is 248 g/mol. The first-order valence-electron chi connectivity index (χ1n) is 6.67. The van der Waals surface area contributed by atoms with Crippen LogP contribution in [0.2, 0.25) is 0 Å². The van der Waals surface area contributed by atoms with Crippen LogP contribution in [0, 0.1) is 17.2 Å². The summed E-state index contributed by atoms with van der Waals surface area (Å²) in [4.78, 5) is 4.74. The van der Waals surface area contributed by atoms with Crippen molar-refractivity contribution in [1.82, 2.24) is 4.98 Å². The Labute approximate surface area is 108 Å². The quantitative estimate of drug-likeness (QED) is 0.797. The highest BCUT2D eigenvalue weighted by molar-refractivity contribution is 7.09. The highest BCUT2D eigenvalue weighted by Crippen LogP contribution is 2.33. The molecule has 1 aliphatic carbocycles. The number of hydrogen-bond acceptors (Lipinski definition) is 3. The van der Waals surface area contributed by atoms with Gasteiger partial charge in [0.15, 0.2) is 0 Å². The van der Waals surface area contributed by atoms with Crippen molar-refractivity contribution in [2.75, 3.05) is 0 Å². The normalized spacial score (nSPS) is 18.8. The third kappa shape index (κ3) is 3.29. The number of hydrogen-bond donors (Lipinski definition) is 0. The van der Waals surface area contributed by atoms with E-state index in [2.05, 4.69) is 18.4 Å². The zero-order valence-electron chi connectivity index (χ0n) is 10.5. The summed E-state index contributed by atoms with van der Waals surface area (Å²) in [5, 5.41) is 12.3. The third-order valence-corrected chi connectivity index (χ3v) is 4.58. The molecule has 17 heavy (non-hydrogen) atoms. The number of aromatic nitrogens is 1. The van der Waals surface area contributed by atoms with E-state index in [1.165, 1.54) is 37.8 Å². The minimum atomic E-state index is 0.139. The van der Waals surface area contributed by atoms with E-state index in [9.17, 15) is 0 Å². The van der Waals surface area contributed by atoms with Crippen LogP contribution >= 0.6 is 11.3 Å². The predicted molar refractivity (Wildman–Crippen MR) is 71.0 cm³/mol. The van der Waals surface area contributed by atoms with Crippen LogP contribution < -0.4 is 0 Å². The summed E-state index contributed by atoms with van der Waals surface area (Å²) in [7, 11) is 0. The predicted octanol–water partition coefficient (Wildman–Crippen LogP) is 4.28. The van der Waals surface area contributed by atoms with Crippen LogP contribution in [-0.4, -0.2) is 4.98 Å². The molecule has 1 aromatic heterocycles. The third-order valence-electron chi connectivity index (χ3n) is 3.69. The lowest BCUT2D eigenvalue weighted by Crippen LogP contribution is -2.05. The first kappa shape index (κ1) is 12.6. The second-order valence-electron chi connectivity index (χ2n) is 4.94. The van der Waals surface area contributed by atoms with E-state index in [1.54, 1.807) is 11.3 Å². The molecule has 1 aliphatic rings. The summed E-state index contributed by atoms with van der Waals surface area (Å²) >= 11 is 1.74. The van der Waals surface area contributed by atoms with E-state index in [4.69, 9.17) is 10.2 Å². The molecule has 3 heteroatoms. The van der Waals surface area contributed by atoms with Crippen molar-refractivity contribution in [1.29, 1.82) is 5.26 Å². The summed E-state index contributed by atoms with van der Waals surface area (Å²) < 4.78 is 0. The Hall–Kier alpha value is -0.880. The average molecular weight is 248 g/mol. The van der Waals surface area contributed by atoms with E-state index in [-0.39, 0.29) is 5.92 Å². The molecular formula is C14H20N2S. The molecule has 0 aliphatic heterocycles. The van der Waals surface area contributed by atoms with Crippen molar-refractivity contribution in [2.24, 2.45) is 5.92 Å². The molecule has 0 radical (unpaired) electrons. The SMILES string of the molecule is CCC(C#N)Cc1nc(C2CCCCC2)cs1. The topological polar surface area (TPSA) is 36.7 Å². The molecule has 0 aromatic carbocycles. The second-order valence-corrected chi connectivity index (χ2v) is 5.88. The Morgan fingerprint density at radius 2 is 2.24 bits per heavy atom. The molecule has 0 bridgehead atoms. The van der Waals surface area contributed by atoms with E-state index < -0.39 is 0 Å². The zero-order valence-corrected chi connectivity index (χ0v) is 11.3. The fraction of sp³-hybridized carbons (Fsp3) is 0.714. The van der Waals surface area contributed by atoms with Crippen LogP contribution in [0.4, 0.5) is 0 Å². The molecule has 1 atom stereocenters. The maximum atomic E-state index is 8.97. The Balaban J connectivity index is 1.97. The summed E-state index contributed by atoms with van der Waals surface area (Å²) in [6.07, 6.45) is 8.47. The van der Waals surface area contributed by atoms with E-state index in [0.29, 0.717) is 5.92 Å². The Kier molecular flexibility index (Phi) is 4.56. The van der Waals surface area contributed by atoms with Gasteiger partial charge in [0.1, 0.15) is 0 Å². The van der Waals surface area contributed by atoms with Crippen LogP contribution in [0.1, 0.15) is 62.1 Å². The van der Waals surface area contributed by atoms with Crippen molar-refractivity contribution < 1.29 is 0 Å². The van der Waals surface area contributed by atoms with Gasteiger partial charge in [0.05, 0.1) is 22.7 Å². The summed E-state index contributed by atoms with van der Waals surface area (Å²) in [6, 6.07) is 2.36. The largest absolute Gasteiger partial charge is 0.246 e. The number of thiazole rings is 1. The van der Waals surface area contributed by atoms with Gasteiger partial charge in [0.25, 0.3) is 0 Å². The molecule has 1 fully saturated rings. The van der Waals surface area contributed by atoms with Gasteiger partial charge in [-0.2, -0.15) is 5.26 Å². The number of nitriles is 1. The smallest absolute Gasteiger partial charge is 0.0941 e. The summed E-state index contributed by atoms with van der Waals surface area (Å²) in [5.41, 5.74) is 1.29. The van der Waals surface area contributed by atoms with Crippen molar-refractivity contribution in [3.63, 3.8) is 0 Å². The van der Waals surface area contributed by atoms with Crippen molar-refractivity contribution in [3.8, 4) is 6.07 Å². The first-order valence-corrected chi connectivity index (χ1v) is 7.55. The maximum Gasteiger partial charge on any atom is 0.0941 e. The summed E-state index contributed by atoms with van der Waals surface area (Å²) in [5.74, 6) is 0.830. The van der Waals surface area contributed by atoms with Crippen LogP contribution in [0.25, 0.3) is 0 Å². The van der Waals surface area contributed by atoms with Crippen LogP contribution in [0.5, 0.6) is 0 Å². The molecule has 2 rings (SSSR count). The van der Waals surface area contributed by atoms with Gasteiger partial charge in [-0.05, 0) is 19.3 Å². The van der Waals surface area contributed by atoms with E-state index >= 15 is 0 Å². The van der Waals surface area contributed by atoms with Crippen molar-refractivity contribution in [3.05, 3.63) is 16.1 Å². The molecule has 0 spiro atoms. The molecule has 1 aromatic rings. The van der Waals surface area contributed by atoms with E-state index in [0.717, 1.165) is 17.8 Å². The fourth-order valence-corrected chi connectivity index (χ4v) is 3.45. The molecule has 92 valence electrons. The lowest BCUT2D eigenvalue weighted by molar-refractivity contribution is 0.437. The van der Waals surface area contributed by atoms with Gasteiger partial charge >= 0.3 is 0 Å². The average Bonchev–Trinajstić information content (AvgIpc) is 2.85. The molecule has 0 saturated heterocycles. The molecule has 1 heterocycles. The lowest BCUT2D eigenvalue weighted by Gasteiger charge is -2.19. The Morgan fingerprint density at radius 3 is 2.88 bits per heavy atom. The van der Waals surface area contributed by atoms with Crippen LogP contribution in [0.15, 0.2) is 5.38 Å². The minimum absolute atomic E-state index is 0.139. The highest BCUT2D eigenvalue weighted by atomic mass is 32.1. The van der Waals surface area contributed by atoms with Gasteiger partial charge in [-0.3, -0.25) is 0 Å². The van der Waals surface area contributed by atoms with Gasteiger partial charge < -0.3 is 0 Å². The number of nitrogens with zero attached hydrogens (tertiary/aromatic N) is 2. The second kappa shape index (κ2) is 6.16. The zero-order chi connectivity index (χ0) is 12.1. The molecule has 0 N–H and O–H groups in total. The lowest BCUT2D eigenvalue weighted by atomic mass is 9.87. The Morgan fingerprint density at radius 1 is 1.47 bits per heavy atom. The standard InChI is InChI=1S/C14H20N2S/c1-2-11(9-15)8-14-16-13(10-17-14)12-6-4-3-5-7-12/h10-12H,2-8H2,1H3. The Bertz CT molecular complexity index is 385. The molecule has 2 nitrogen and oxygen atoms in total. The van der Waals surface area contributed by atoms with Gasteiger partial charge in [0, 0.05) is 17.7 Å². The van der Waals surface area contributed by atoms with Crippen molar-refractivity contribution >= 4 is 11.3 Å². The molecule has 0 amide bonds. The molecular weight excluding hydrogens is 228 g/mol.